The second kappa shape index (κ2) is 7.58. The number of benzene rings is 2. The van der Waals surface area contributed by atoms with Gasteiger partial charge in [0.15, 0.2) is 0 Å². The van der Waals surface area contributed by atoms with Crippen LogP contribution in [0.15, 0.2) is 53.6 Å². The molecule has 0 spiro atoms. The number of halogens is 1. The molecule has 1 N–H and O–H groups in total. The van der Waals surface area contributed by atoms with E-state index in [2.05, 4.69) is 9.97 Å². The first-order chi connectivity index (χ1) is 13.9. The van der Waals surface area contributed by atoms with Crippen molar-refractivity contribution in [2.24, 2.45) is 0 Å². The molecule has 1 aliphatic rings. The summed E-state index contributed by atoms with van der Waals surface area (Å²) in [5.74, 6) is -0.921. The first-order valence-corrected chi connectivity index (χ1v) is 10.7. The van der Waals surface area contributed by atoms with E-state index >= 15 is 0 Å². The van der Waals surface area contributed by atoms with E-state index < -0.39 is 16.0 Å². The molecule has 0 saturated carbocycles. The van der Waals surface area contributed by atoms with Crippen molar-refractivity contribution in [1.82, 2.24) is 14.3 Å². The zero-order valence-electron chi connectivity index (χ0n) is 15.2. The van der Waals surface area contributed by atoms with Gasteiger partial charge < -0.3 is 10.0 Å². The quantitative estimate of drug-likeness (QED) is 0.631. The van der Waals surface area contributed by atoms with Crippen LogP contribution in [-0.4, -0.2) is 59.9 Å². The van der Waals surface area contributed by atoms with Gasteiger partial charge in [-0.05, 0) is 22.9 Å². The maximum Gasteiger partial charge on any atom is 0.340 e. The highest BCUT2D eigenvalue weighted by atomic mass is 35.5. The van der Waals surface area contributed by atoms with Crippen molar-refractivity contribution in [2.75, 3.05) is 31.1 Å². The van der Waals surface area contributed by atoms with Crippen molar-refractivity contribution in [1.29, 1.82) is 0 Å². The van der Waals surface area contributed by atoms with Crippen LogP contribution in [0, 0.1) is 0 Å². The molecule has 8 nitrogen and oxygen atoms in total. The Kier molecular flexibility index (Phi) is 5.12. The summed E-state index contributed by atoms with van der Waals surface area (Å²) >= 11 is 5.91. The number of hydrogen-bond donors (Lipinski definition) is 1. The van der Waals surface area contributed by atoms with Gasteiger partial charge in [0, 0.05) is 32.4 Å². The Morgan fingerprint density at radius 2 is 1.72 bits per heavy atom. The molecule has 3 aromatic rings. The lowest BCUT2D eigenvalue weighted by Gasteiger charge is -2.34. The fourth-order valence-corrected chi connectivity index (χ4v) is 4.92. The summed E-state index contributed by atoms with van der Waals surface area (Å²) in [6.45, 7) is 1.26. The number of nitrogens with zero attached hydrogens (tertiary/aromatic N) is 4. The van der Waals surface area contributed by atoms with Gasteiger partial charge in [-0.25, -0.2) is 23.2 Å². The van der Waals surface area contributed by atoms with E-state index in [-0.39, 0.29) is 34.6 Å². The topological polar surface area (TPSA) is 104 Å². The van der Waals surface area contributed by atoms with Crippen molar-refractivity contribution in [2.45, 2.75) is 4.90 Å². The molecule has 0 atom stereocenters. The van der Waals surface area contributed by atoms with Crippen LogP contribution in [0.1, 0.15) is 10.4 Å². The standard InChI is InChI=1S/C19H17ClN4O4S/c20-17-16(18(25)26)12-21-19(22-17)23-7-9-24(10-8-23)29(27,28)15-6-5-13-3-1-2-4-14(13)11-15/h1-6,11-12H,7-10H2,(H,25,26). The Bertz CT molecular complexity index is 1190. The molecule has 1 aliphatic heterocycles. The third-order valence-corrected chi connectivity index (χ3v) is 7.02. The van der Waals surface area contributed by atoms with E-state index in [0.29, 0.717) is 13.1 Å². The summed E-state index contributed by atoms with van der Waals surface area (Å²) in [5.41, 5.74) is -0.173. The predicted molar refractivity (Wildman–Crippen MR) is 109 cm³/mol. The monoisotopic (exact) mass is 432 g/mol. The first kappa shape index (κ1) is 19.6. The van der Waals surface area contributed by atoms with Crippen molar-refractivity contribution in [3.05, 3.63) is 59.4 Å². The Morgan fingerprint density at radius 3 is 2.38 bits per heavy atom. The van der Waals surface area contributed by atoms with Crippen LogP contribution in [0.4, 0.5) is 5.95 Å². The second-order valence-electron chi connectivity index (χ2n) is 6.58. The normalized spacial score (nSPS) is 15.6. The molecule has 1 aromatic heterocycles. The summed E-state index contributed by atoms with van der Waals surface area (Å²) < 4.78 is 27.5. The average molecular weight is 433 g/mol. The van der Waals surface area contributed by atoms with Crippen LogP contribution < -0.4 is 4.90 Å². The lowest BCUT2D eigenvalue weighted by molar-refractivity contribution is 0.0696. The molecule has 0 bridgehead atoms. The van der Waals surface area contributed by atoms with Gasteiger partial charge in [0.25, 0.3) is 0 Å². The highest BCUT2D eigenvalue weighted by Gasteiger charge is 2.29. The van der Waals surface area contributed by atoms with E-state index in [0.717, 1.165) is 17.0 Å². The van der Waals surface area contributed by atoms with Crippen LogP contribution in [0.25, 0.3) is 10.8 Å². The van der Waals surface area contributed by atoms with Crippen molar-refractivity contribution >= 4 is 44.3 Å². The van der Waals surface area contributed by atoms with Gasteiger partial charge in [0.1, 0.15) is 10.7 Å². The zero-order valence-corrected chi connectivity index (χ0v) is 16.8. The number of sulfonamides is 1. The molecular formula is C19H17ClN4O4S. The van der Waals surface area contributed by atoms with Crippen molar-refractivity contribution in [3.63, 3.8) is 0 Å². The van der Waals surface area contributed by atoms with E-state index in [1.165, 1.54) is 4.31 Å². The summed E-state index contributed by atoms with van der Waals surface area (Å²) in [7, 11) is -3.62. The number of aromatic carboxylic acids is 1. The van der Waals surface area contributed by atoms with Gasteiger partial charge >= 0.3 is 5.97 Å². The van der Waals surface area contributed by atoms with Gasteiger partial charge in [0.05, 0.1) is 4.90 Å². The van der Waals surface area contributed by atoms with Gasteiger partial charge in [0.2, 0.25) is 16.0 Å². The summed E-state index contributed by atoms with van der Waals surface area (Å²) in [6, 6.07) is 12.7. The van der Waals surface area contributed by atoms with Crippen LogP contribution in [0.5, 0.6) is 0 Å². The number of hydrogen-bond acceptors (Lipinski definition) is 6. The minimum atomic E-state index is -3.62. The molecule has 0 aliphatic carbocycles. The Hall–Kier alpha value is -2.75. The van der Waals surface area contributed by atoms with Gasteiger partial charge in [-0.1, -0.05) is 41.9 Å². The molecular weight excluding hydrogens is 416 g/mol. The minimum Gasteiger partial charge on any atom is -0.478 e. The lowest BCUT2D eigenvalue weighted by atomic mass is 10.1. The lowest BCUT2D eigenvalue weighted by Crippen LogP contribution is -2.49. The zero-order chi connectivity index (χ0) is 20.6. The van der Waals surface area contributed by atoms with E-state index in [9.17, 15) is 13.2 Å². The summed E-state index contributed by atoms with van der Waals surface area (Å²) in [6.07, 6.45) is 1.16. The number of carboxylic acids is 1. The Morgan fingerprint density at radius 1 is 1.03 bits per heavy atom. The third-order valence-electron chi connectivity index (χ3n) is 4.84. The van der Waals surface area contributed by atoms with Gasteiger partial charge in [-0.2, -0.15) is 4.31 Å². The molecule has 0 amide bonds. The molecule has 10 heteroatoms. The predicted octanol–water partition coefficient (Wildman–Crippen LogP) is 2.49. The molecule has 0 unspecified atom stereocenters. The molecule has 1 fully saturated rings. The fraction of sp³-hybridized carbons (Fsp3) is 0.211. The first-order valence-electron chi connectivity index (χ1n) is 8.86. The molecule has 2 aromatic carbocycles. The van der Waals surface area contributed by atoms with Crippen LogP contribution in [0.3, 0.4) is 0 Å². The van der Waals surface area contributed by atoms with Crippen LogP contribution in [0.2, 0.25) is 5.15 Å². The highest BCUT2D eigenvalue weighted by Crippen LogP contribution is 2.24. The summed E-state index contributed by atoms with van der Waals surface area (Å²) in [4.78, 5) is 21.1. The largest absolute Gasteiger partial charge is 0.478 e. The number of anilines is 1. The molecule has 4 rings (SSSR count). The third kappa shape index (κ3) is 3.76. The maximum atomic E-state index is 13.0. The average Bonchev–Trinajstić information content (AvgIpc) is 2.73. The minimum absolute atomic E-state index is 0.145. The fourth-order valence-electron chi connectivity index (χ4n) is 3.25. The van der Waals surface area contributed by atoms with E-state index in [4.69, 9.17) is 16.7 Å². The highest BCUT2D eigenvalue weighted by molar-refractivity contribution is 7.89. The van der Waals surface area contributed by atoms with Gasteiger partial charge in [-0.15, -0.1) is 0 Å². The Labute approximate surface area is 172 Å². The molecule has 0 radical (unpaired) electrons. The number of carboxylic acid groups (broad SMARTS) is 1. The Balaban J connectivity index is 1.51. The number of fused-ring (bicyclic) bond motifs is 1. The van der Waals surface area contributed by atoms with Crippen molar-refractivity contribution in [3.8, 4) is 0 Å². The number of aromatic nitrogens is 2. The van der Waals surface area contributed by atoms with Crippen LogP contribution in [-0.2, 0) is 10.0 Å². The SMILES string of the molecule is O=C(O)c1cnc(N2CCN(S(=O)(=O)c3ccc4ccccc4c3)CC2)nc1Cl. The molecule has 1 saturated heterocycles. The number of piperazine rings is 1. The smallest absolute Gasteiger partial charge is 0.340 e. The van der Waals surface area contributed by atoms with E-state index in [1.54, 1.807) is 23.1 Å². The van der Waals surface area contributed by atoms with E-state index in [1.807, 2.05) is 24.3 Å². The number of rotatable bonds is 4. The molecule has 29 heavy (non-hydrogen) atoms. The van der Waals surface area contributed by atoms with Gasteiger partial charge in [-0.3, -0.25) is 0 Å². The second-order valence-corrected chi connectivity index (χ2v) is 8.88. The maximum absolute atomic E-state index is 13.0. The van der Waals surface area contributed by atoms with Crippen LogP contribution >= 0.6 is 11.6 Å². The number of carbonyl (C=O) groups is 1. The summed E-state index contributed by atoms with van der Waals surface area (Å²) in [5, 5.41) is 10.7. The molecule has 150 valence electrons. The van der Waals surface area contributed by atoms with Crippen molar-refractivity contribution < 1.29 is 18.3 Å². The molecule has 2 heterocycles.